The van der Waals surface area contributed by atoms with Crippen molar-refractivity contribution in [1.82, 2.24) is 24.8 Å². The number of rotatable bonds is 3. The Morgan fingerprint density at radius 1 is 1.25 bits per heavy atom. The summed E-state index contributed by atoms with van der Waals surface area (Å²) in [7, 11) is 0. The molecular formula is C19H24ClF2N5O. The van der Waals surface area contributed by atoms with Crippen molar-refractivity contribution in [3.05, 3.63) is 23.7 Å². The van der Waals surface area contributed by atoms with Crippen molar-refractivity contribution in [2.75, 3.05) is 26.2 Å². The van der Waals surface area contributed by atoms with Crippen LogP contribution in [-0.4, -0.2) is 63.2 Å². The quantitative estimate of drug-likeness (QED) is 0.786. The molecule has 2 unspecified atom stereocenters. The first kappa shape index (κ1) is 18.7. The number of likely N-dealkylation sites (tertiary alicyclic amines) is 1. The summed E-state index contributed by atoms with van der Waals surface area (Å²) in [5.41, 5.74) is 0.352. The molecule has 0 bridgehead atoms. The van der Waals surface area contributed by atoms with Crippen LogP contribution in [0.1, 0.15) is 38.3 Å². The van der Waals surface area contributed by atoms with E-state index in [9.17, 15) is 8.78 Å². The van der Waals surface area contributed by atoms with Crippen molar-refractivity contribution in [2.24, 2.45) is 0 Å². The molecular weight excluding hydrogens is 388 g/mol. The number of alkyl halides is 2. The maximum atomic E-state index is 14.3. The van der Waals surface area contributed by atoms with Gasteiger partial charge in [0, 0.05) is 24.7 Å². The Balaban J connectivity index is 1.31. The van der Waals surface area contributed by atoms with E-state index < -0.39 is 11.5 Å². The van der Waals surface area contributed by atoms with E-state index in [0.29, 0.717) is 11.7 Å². The molecule has 2 atom stereocenters. The Morgan fingerprint density at radius 3 is 2.89 bits per heavy atom. The Hall–Kier alpha value is -1.35. The van der Waals surface area contributed by atoms with Gasteiger partial charge in [0.2, 0.25) is 0 Å². The summed E-state index contributed by atoms with van der Waals surface area (Å²) < 4.78 is 36.8. The van der Waals surface area contributed by atoms with Gasteiger partial charge in [-0.3, -0.25) is 4.90 Å². The zero-order valence-electron chi connectivity index (χ0n) is 15.6. The van der Waals surface area contributed by atoms with Gasteiger partial charge in [0.15, 0.2) is 0 Å². The first-order valence-electron chi connectivity index (χ1n) is 9.92. The fraction of sp³-hybridized carbons (Fsp3) is 0.684. The van der Waals surface area contributed by atoms with Crippen molar-refractivity contribution in [3.63, 3.8) is 0 Å². The van der Waals surface area contributed by atoms with Gasteiger partial charge in [-0.15, -0.1) is 0 Å². The van der Waals surface area contributed by atoms with Gasteiger partial charge < -0.3 is 14.6 Å². The smallest absolute Gasteiger partial charge is 0.262 e. The maximum Gasteiger partial charge on any atom is 0.262 e. The van der Waals surface area contributed by atoms with Crippen molar-refractivity contribution in [1.29, 1.82) is 0 Å². The van der Waals surface area contributed by atoms with Gasteiger partial charge in [-0.1, -0.05) is 11.6 Å². The molecule has 9 heteroatoms. The highest BCUT2D eigenvalue weighted by atomic mass is 35.5. The van der Waals surface area contributed by atoms with Gasteiger partial charge in [0.1, 0.15) is 23.4 Å². The van der Waals surface area contributed by atoms with Gasteiger partial charge in [0.05, 0.1) is 18.0 Å². The van der Waals surface area contributed by atoms with E-state index in [0.717, 1.165) is 49.8 Å². The first-order chi connectivity index (χ1) is 13.5. The monoisotopic (exact) mass is 411 g/mol. The van der Waals surface area contributed by atoms with Crippen molar-refractivity contribution in [3.8, 4) is 0 Å². The first-order valence-corrected chi connectivity index (χ1v) is 10.3. The number of piperidine rings is 1. The third-order valence-electron chi connectivity index (χ3n) is 6.49. The molecule has 3 aliphatic heterocycles. The van der Waals surface area contributed by atoms with Crippen LogP contribution in [0.2, 0.25) is 5.15 Å². The zero-order valence-corrected chi connectivity index (χ0v) is 16.3. The normalized spacial score (nSPS) is 29.8. The molecule has 6 nitrogen and oxygen atoms in total. The summed E-state index contributed by atoms with van der Waals surface area (Å²) in [4.78, 5) is 10.4. The standard InChI is InChI=1S/C19H24ClF2N5O/c20-16-14-3-8-27(17(14)25-12-24-16)15-2-1-13(28-15)9-26-11-19(21,22)10-18(26)4-6-23-7-5-18/h3,8,12-13,15,23H,1-2,4-7,9-11H2. The molecule has 1 N–H and O–H groups in total. The predicted molar refractivity (Wildman–Crippen MR) is 102 cm³/mol. The summed E-state index contributed by atoms with van der Waals surface area (Å²) in [6.07, 6.45) is 6.34. The number of ether oxygens (including phenoxy) is 1. The molecule has 2 aromatic heterocycles. The number of halogens is 3. The number of nitrogens with zero attached hydrogens (tertiary/aromatic N) is 4. The molecule has 2 aromatic rings. The molecule has 5 rings (SSSR count). The summed E-state index contributed by atoms with van der Waals surface area (Å²) in [5, 5.41) is 4.51. The lowest BCUT2D eigenvalue weighted by molar-refractivity contribution is -0.0309. The predicted octanol–water partition coefficient (Wildman–Crippen LogP) is 3.23. The highest BCUT2D eigenvalue weighted by molar-refractivity contribution is 6.33. The fourth-order valence-electron chi connectivity index (χ4n) is 5.18. The van der Waals surface area contributed by atoms with Crippen LogP contribution < -0.4 is 5.32 Å². The molecule has 0 amide bonds. The van der Waals surface area contributed by atoms with Crippen LogP contribution in [0, 0.1) is 0 Å². The summed E-state index contributed by atoms with van der Waals surface area (Å²) in [5.74, 6) is -2.61. The second-order valence-corrected chi connectivity index (χ2v) is 8.66. The molecule has 0 aromatic carbocycles. The number of aromatic nitrogens is 3. The van der Waals surface area contributed by atoms with Crippen LogP contribution in [0.25, 0.3) is 11.0 Å². The second kappa shape index (κ2) is 6.86. The van der Waals surface area contributed by atoms with E-state index in [1.54, 1.807) is 0 Å². The maximum absolute atomic E-state index is 14.3. The van der Waals surface area contributed by atoms with Gasteiger partial charge >= 0.3 is 0 Å². The van der Waals surface area contributed by atoms with Gasteiger partial charge in [-0.25, -0.2) is 18.7 Å². The SMILES string of the molecule is FC1(F)CN(CC2CCC(n3ccc4c(Cl)ncnc43)O2)C2(CCNCC2)C1. The van der Waals surface area contributed by atoms with Gasteiger partial charge in [-0.2, -0.15) is 0 Å². The van der Waals surface area contributed by atoms with E-state index in [2.05, 4.69) is 15.3 Å². The summed E-state index contributed by atoms with van der Waals surface area (Å²) >= 11 is 6.14. The minimum atomic E-state index is -2.61. The van der Waals surface area contributed by atoms with Gasteiger partial charge in [0.25, 0.3) is 5.92 Å². The molecule has 0 aliphatic carbocycles. The molecule has 3 saturated heterocycles. The second-order valence-electron chi connectivity index (χ2n) is 8.30. The average molecular weight is 412 g/mol. The van der Waals surface area contributed by atoms with Crippen LogP contribution in [0.15, 0.2) is 18.6 Å². The lowest BCUT2D eigenvalue weighted by atomic mass is 9.85. The van der Waals surface area contributed by atoms with E-state index in [-0.39, 0.29) is 25.3 Å². The molecule has 28 heavy (non-hydrogen) atoms. The Bertz CT molecular complexity index is 869. The average Bonchev–Trinajstić information content (AvgIpc) is 3.33. The van der Waals surface area contributed by atoms with Crippen LogP contribution in [0.4, 0.5) is 8.78 Å². The molecule has 0 radical (unpaired) electrons. The van der Waals surface area contributed by atoms with E-state index >= 15 is 0 Å². The minimum Gasteiger partial charge on any atom is -0.353 e. The Morgan fingerprint density at radius 2 is 2.07 bits per heavy atom. The summed E-state index contributed by atoms with van der Waals surface area (Å²) in [6.45, 7) is 2.00. The Labute approximate surface area is 167 Å². The Kier molecular flexibility index (Phi) is 4.58. The zero-order chi connectivity index (χ0) is 19.4. The van der Waals surface area contributed by atoms with Crippen molar-refractivity contribution < 1.29 is 13.5 Å². The van der Waals surface area contributed by atoms with E-state index in [1.165, 1.54) is 6.33 Å². The van der Waals surface area contributed by atoms with Crippen LogP contribution in [0.5, 0.6) is 0 Å². The number of fused-ring (bicyclic) bond motifs is 1. The third kappa shape index (κ3) is 3.20. The summed E-state index contributed by atoms with van der Waals surface area (Å²) in [6, 6.07) is 1.89. The molecule has 3 fully saturated rings. The van der Waals surface area contributed by atoms with E-state index in [4.69, 9.17) is 16.3 Å². The van der Waals surface area contributed by atoms with Crippen molar-refractivity contribution >= 4 is 22.6 Å². The minimum absolute atomic E-state index is 0.0323. The largest absolute Gasteiger partial charge is 0.353 e. The molecule has 3 aliphatic rings. The lowest BCUT2D eigenvalue weighted by Crippen LogP contribution is -2.52. The molecule has 5 heterocycles. The lowest BCUT2D eigenvalue weighted by Gasteiger charge is -2.42. The third-order valence-corrected chi connectivity index (χ3v) is 6.80. The number of hydrogen-bond acceptors (Lipinski definition) is 5. The highest BCUT2D eigenvalue weighted by Gasteiger charge is 2.55. The number of hydrogen-bond donors (Lipinski definition) is 1. The molecule has 0 saturated carbocycles. The molecule has 1 spiro atoms. The van der Waals surface area contributed by atoms with Crippen LogP contribution >= 0.6 is 11.6 Å². The fourth-order valence-corrected chi connectivity index (χ4v) is 5.37. The van der Waals surface area contributed by atoms with Crippen molar-refractivity contribution in [2.45, 2.75) is 55.9 Å². The van der Waals surface area contributed by atoms with E-state index in [1.807, 2.05) is 21.7 Å². The highest BCUT2D eigenvalue weighted by Crippen LogP contribution is 2.45. The topological polar surface area (TPSA) is 55.2 Å². The number of nitrogens with one attached hydrogen (secondary N) is 1. The molecule has 152 valence electrons. The van der Waals surface area contributed by atoms with Crippen LogP contribution in [-0.2, 0) is 4.74 Å². The van der Waals surface area contributed by atoms with Gasteiger partial charge in [-0.05, 0) is 44.8 Å². The van der Waals surface area contributed by atoms with Crippen LogP contribution in [0.3, 0.4) is 0 Å².